The third kappa shape index (κ3) is 3.91. The van der Waals surface area contributed by atoms with Crippen LogP contribution in [0.15, 0.2) is 51.3 Å². The second-order valence-corrected chi connectivity index (χ2v) is 5.92. The fraction of sp³-hybridized carbons (Fsp3) is 0.0714. The molecule has 114 valence electrons. The third-order valence-corrected chi connectivity index (χ3v) is 4.68. The number of rotatable bonds is 5. The fourth-order valence-corrected chi connectivity index (χ4v) is 3.20. The maximum atomic E-state index is 11.3. The van der Waals surface area contributed by atoms with E-state index < -0.39 is 4.92 Å². The molecule has 0 heterocycles. The van der Waals surface area contributed by atoms with Crippen LogP contribution in [0.25, 0.3) is 0 Å². The summed E-state index contributed by atoms with van der Waals surface area (Å²) >= 11 is 13.3. The number of oxime groups is 1. The lowest BCUT2D eigenvalue weighted by Gasteiger charge is -2.07. The van der Waals surface area contributed by atoms with Gasteiger partial charge in [-0.2, -0.15) is 0 Å². The van der Waals surface area contributed by atoms with Crippen molar-refractivity contribution in [1.29, 1.82) is 0 Å². The summed E-state index contributed by atoms with van der Waals surface area (Å²) in [6.07, 6.45) is 1.39. The van der Waals surface area contributed by atoms with E-state index in [4.69, 9.17) is 23.2 Å². The molecule has 8 heteroatoms. The Hall–Kier alpha value is -1.76. The molecule has 0 aliphatic heterocycles. The first-order valence-electron chi connectivity index (χ1n) is 5.99. The van der Waals surface area contributed by atoms with Crippen LogP contribution in [0.5, 0.6) is 0 Å². The summed E-state index contributed by atoms with van der Waals surface area (Å²) in [6.45, 7) is 0. The zero-order chi connectivity index (χ0) is 16.1. The van der Waals surface area contributed by atoms with Crippen LogP contribution in [-0.2, 0) is 4.84 Å². The standard InChI is InChI=1S/C14H10Cl2N2O3S/c1-21-17-8-9-5-6-13(12(7-9)18(19)20)22-14-10(15)3-2-4-11(14)16/h2-8H,1H3. The topological polar surface area (TPSA) is 64.7 Å². The Morgan fingerprint density at radius 3 is 2.55 bits per heavy atom. The monoisotopic (exact) mass is 356 g/mol. The highest BCUT2D eigenvalue weighted by Crippen LogP contribution is 2.41. The molecule has 0 unspecified atom stereocenters. The zero-order valence-electron chi connectivity index (χ0n) is 11.3. The third-order valence-electron chi connectivity index (χ3n) is 2.62. The minimum absolute atomic E-state index is 0.0546. The Balaban J connectivity index is 2.42. The van der Waals surface area contributed by atoms with Crippen molar-refractivity contribution in [2.75, 3.05) is 7.11 Å². The number of nitro benzene ring substituents is 1. The minimum Gasteiger partial charge on any atom is -0.399 e. The summed E-state index contributed by atoms with van der Waals surface area (Å²) in [5.41, 5.74) is 0.504. The molecule has 0 aliphatic rings. The molecule has 2 aromatic carbocycles. The normalized spacial score (nSPS) is 10.9. The number of nitro groups is 1. The Labute approximate surface area is 141 Å². The van der Waals surface area contributed by atoms with Gasteiger partial charge in [0, 0.05) is 16.5 Å². The maximum absolute atomic E-state index is 11.3. The van der Waals surface area contributed by atoms with Gasteiger partial charge in [-0.3, -0.25) is 10.1 Å². The van der Waals surface area contributed by atoms with Crippen LogP contribution in [0.3, 0.4) is 0 Å². The van der Waals surface area contributed by atoms with Gasteiger partial charge in [-0.25, -0.2) is 0 Å². The summed E-state index contributed by atoms with van der Waals surface area (Å²) in [7, 11) is 1.40. The lowest BCUT2D eigenvalue weighted by molar-refractivity contribution is -0.387. The molecular weight excluding hydrogens is 347 g/mol. The van der Waals surface area contributed by atoms with Crippen LogP contribution in [0, 0.1) is 10.1 Å². The van der Waals surface area contributed by atoms with E-state index in [0.717, 1.165) is 11.8 Å². The zero-order valence-corrected chi connectivity index (χ0v) is 13.7. The van der Waals surface area contributed by atoms with Crippen LogP contribution in [-0.4, -0.2) is 18.2 Å². The molecule has 5 nitrogen and oxygen atoms in total. The van der Waals surface area contributed by atoms with Crippen molar-refractivity contribution in [3.63, 3.8) is 0 Å². The van der Waals surface area contributed by atoms with Crippen LogP contribution >= 0.6 is 35.0 Å². The number of hydrogen-bond acceptors (Lipinski definition) is 5. The lowest BCUT2D eigenvalue weighted by Crippen LogP contribution is -1.93. The molecule has 0 spiro atoms. The van der Waals surface area contributed by atoms with Gasteiger partial charge in [0.1, 0.15) is 7.11 Å². The van der Waals surface area contributed by atoms with Gasteiger partial charge in [0.25, 0.3) is 5.69 Å². The Bertz CT molecular complexity index is 718. The summed E-state index contributed by atoms with van der Waals surface area (Å²) in [4.78, 5) is 16.4. The predicted octanol–water partition coefficient (Wildman–Crippen LogP) is 5.03. The molecule has 2 aromatic rings. The van der Waals surface area contributed by atoms with Gasteiger partial charge in [-0.15, -0.1) is 0 Å². The van der Waals surface area contributed by atoms with Crippen molar-refractivity contribution >= 4 is 46.9 Å². The molecule has 0 fully saturated rings. The van der Waals surface area contributed by atoms with E-state index in [1.807, 2.05) is 0 Å². The molecule has 22 heavy (non-hydrogen) atoms. The van der Waals surface area contributed by atoms with E-state index >= 15 is 0 Å². The minimum atomic E-state index is -0.461. The van der Waals surface area contributed by atoms with Crippen LogP contribution in [0.2, 0.25) is 10.0 Å². The first-order chi connectivity index (χ1) is 10.5. The molecule has 0 bridgehead atoms. The highest BCUT2D eigenvalue weighted by Gasteiger charge is 2.18. The lowest BCUT2D eigenvalue weighted by atomic mass is 10.2. The average molecular weight is 357 g/mol. The second kappa shape index (κ2) is 7.49. The highest BCUT2D eigenvalue weighted by atomic mass is 35.5. The number of halogens is 2. The van der Waals surface area contributed by atoms with E-state index in [9.17, 15) is 10.1 Å². The van der Waals surface area contributed by atoms with E-state index in [1.54, 1.807) is 30.3 Å². The van der Waals surface area contributed by atoms with Gasteiger partial charge < -0.3 is 4.84 Å². The molecule has 0 amide bonds. The molecule has 0 N–H and O–H groups in total. The predicted molar refractivity (Wildman–Crippen MR) is 88.3 cm³/mol. The van der Waals surface area contributed by atoms with Crippen molar-refractivity contribution in [3.05, 3.63) is 62.1 Å². The summed E-state index contributed by atoms with van der Waals surface area (Å²) in [5.74, 6) is 0. The molecule has 0 aromatic heterocycles. The maximum Gasteiger partial charge on any atom is 0.283 e. The first-order valence-corrected chi connectivity index (χ1v) is 7.57. The van der Waals surface area contributed by atoms with E-state index in [-0.39, 0.29) is 5.69 Å². The van der Waals surface area contributed by atoms with E-state index in [2.05, 4.69) is 9.99 Å². The number of hydrogen-bond donors (Lipinski definition) is 0. The summed E-state index contributed by atoms with van der Waals surface area (Å²) < 4.78 is 0. The van der Waals surface area contributed by atoms with Crippen molar-refractivity contribution in [2.24, 2.45) is 5.16 Å². The average Bonchev–Trinajstić information content (AvgIpc) is 2.49. The number of benzene rings is 2. The first kappa shape index (κ1) is 16.6. The van der Waals surface area contributed by atoms with E-state index in [0.29, 0.717) is 25.4 Å². The second-order valence-electron chi connectivity index (χ2n) is 4.05. The van der Waals surface area contributed by atoms with Crippen molar-refractivity contribution in [2.45, 2.75) is 9.79 Å². The SMILES string of the molecule is CON=Cc1ccc(Sc2c(Cl)cccc2Cl)c([N+](=O)[O-])c1. The molecule has 0 atom stereocenters. The Morgan fingerprint density at radius 1 is 1.27 bits per heavy atom. The van der Waals surface area contributed by atoms with Crippen LogP contribution in [0.4, 0.5) is 5.69 Å². The van der Waals surface area contributed by atoms with Crippen molar-refractivity contribution in [3.8, 4) is 0 Å². The number of nitrogens with zero attached hydrogens (tertiary/aromatic N) is 2. The largest absolute Gasteiger partial charge is 0.399 e. The smallest absolute Gasteiger partial charge is 0.283 e. The van der Waals surface area contributed by atoms with Crippen LogP contribution in [0.1, 0.15) is 5.56 Å². The molecular formula is C14H10Cl2N2O3S. The van der Waals surface area contributed by atoms with Crippen LogP contribution < -0.4 is 0 Å². The van der Waals surface area contributed by atoms with Gasteiger partial charge in [0.2, 0.25) is 0 Å². The van der Waals surface area contributed by atoms with Gasteiger partial charge in [-0.1, -0.05) is 52.3 Å². The molecule has 0 saturated carbocycles. The fourth-order valence-electron chi connectivity index (χ4n) is 1.65. The van der Waals surface area contributed by atoms with Gasteiger partial charge in [-0.05, 0) is 18.2 Å². The summed E-state index contributed by atoms with van der Waals surface area (Å²) in [6, 6.07) is 9.81. The van der Waals surface area contributed by atoms with Gasteiger partial charge in [0.15, 0.2) is 0 Å². The Kier molecular flexibility index (Phi) is 5.65. The molecule has 0 radical (unpaired) electrons. The van der Waals surface area contributed by atoms with Gasteiger partial charge >= 0.3 is 0 Å². The van der Waals surface area contributed by atoms with Gasteiger partial charge in [0.05, 0.1) is 26.1 Å². The molecule has 0 aliphatic carbocycles. The van der Waals surface area contributed by atoms with Crippen molar-refractivity contribution in [1.82, 2.24) is 0 Å². The highest BCUT2D eigenvalue weighted by molar-refractivity contribution is 7.99. The quantitative estimate of drug-likeness (QED) is 0.428. The van der Waals surface area contributed by atoms with E-state index in [1.165, 1.54) is 19.4 Å². The molecule has 0 saturated heterocycles. The Morgan fingerprint density at radius 2 is 1.95 bits per heavy atom. The molecule has 2 rings (SSSR count). The van der Waals surface area contributed by atoms with Crippen molar-refractivity contribution < 1.29 is 9.76 Å². The summed E-state index contributed by atoms with van der Waals surface area (Å²) in [5, 5.41) is 15.7.